The molecule has 1 heterocycles. The van der Waals surface area contributed by atoms with Gasteiger partial charge in [0.15, 0.2) is 0 Å². The molecule has 2 fully saturated rings. The Balaban J connectivity index is 1.87. The predicted octanol–water partition coefficient (Wildman–Crippen LogP) is 4.38. The highest BCUT2D eigenvalue weighted by Crippen LogP contribution is 2.36. The second-order valence-corrected chi connectivity index (χ2v) is 6.73. The molecule has 1 saturated carbocycles. The zero-order valence-electron chi connectivity index (χ0n) is 11.4. The van der Waals surface area contributed by atoms with Crippen LogP contribution < -0.4 is 0 Å². The number of piperidine rings is 1. The molecule has 3 rings (SSSR count). The molecule has 1 saturated heterocycles. The number of fused-ring (bicyclic) bond motifs is 1. The Labute approximate surface area is 127 Å². The molecule has 0 spiro atoms. The van der Waals surface area contributed by atoms with Gasteiger partial charge in [0.1, 0.15) is 5.82 Å². The molecular weight excluding hydrogens is 321 g/mol. The molecule has 2 nitrogen and oxygen atoms in total. The van der Waals surface area contributed by atoms with Crippen molar-refractivity contribution in [2.75, 3.05) is 6.54 Å². The number of nitrogens with zero attached hydrogens (tertiary/aromatic N) is 1. The molecule has 0 radical (unpaired) electrons. The van der Waals surface area contributed by atoms with Crippen molar-refractivity contribution in [3.8, 4) is 0 Å². The second kappa shape index (κ2) is 5.84. The van der Waals surface area contributed by atoms with Crippen molar-refractivity contribution in [1.29, 1.82) is 0 Å². The Morgan fingerprint density at radius 2 is 1.95 bits per heavy atom. The molecule has 0 bridgehead atoms. The van der Waals surface area contributed by atoms with Gasteiger partial charge in [-0.3, -0.25) is 4.79 Å². The molecular formula is C16H19BrFNO. The minimum Gasteiger partial charge on any atom is -0.335 e. The molecule has 1 aromatic rings. The number of likely N-dealkylation sites (tertiary alicyclic amines) is 1. The number of rotatable bonds is 1. The first-order valence-electron chi connectivity index (χ1n) is 7.43. The van der Waals surface area contributed by atoms with Crippen molar-refractivity contribution in [2.45, 2.75) is 44.6 Å². The van der Waals surface area contributed by atoms with Crippen molar-refractivity contribution in [1.82, 2.24) is 4.90 Å². The van der Waals surface area contributed by atoms with Crippen LogP contribution in [0.4, 0.5) is 4.39 Å². The summed E-state index contributed by atoms with van der Waals surface area (Å²) >= 11 is 3.37. The van der Waals surface area contributed by atoms with E-state index in [-0.39, 0.29) is 11.7 Å². The number of amides is 1. The minimum absolute atomic E-state index is 0.0204. The van der Waals surface area contributed by atoms with Crippen molar-refractivity contribution < 1.29 is 9.18 Å². The number of benzene rings is 1. The van der Waals surface area contributed by atoms with Gasteiger partial charge in [-0.1, -0.05) is 12.8 Å². The molecule has 1 amide bonds. The summed E-state index contributed by atoms with van der Waals surface area (Å²) in [6.07, 6.45) is 7.13. The van der Waals surface area contributed by atoms with Gasteiger partial charge in [-0.05, 0) is 65.7 Å². The predicted molar refractivity (Wildman–Crippen MR) is 80.1 cm³/mol. The van der Waals surface area contributed by atoms with Gasteiger partial charge in [0.05, 0.1) is 5.56 Å². The highest BCUT2D eigenvalue weighted by atomic mass is 79.9. The Kier molecular flexibility index (Phi) is 4.11. The van der Waals surface area contributed by atoms with Crippen molar-refractivity contribution in [2.24, 2.45) is 5.92 Å². The van der Waals surface area contributed by atoms with Crippen molar-refractivity contribution in [3.63, 3.8) is 0 Å². The molecule has 0 N–H and O–H groups in total. The summed E-state index contributed by atoms with van der Waals surface area (Å²) in [5, 5.41) is 0. The summed E-state index contributed by atoms with van der Waals surface area (Å²) in [5.41, 5.74) is 0.455. The highest BCUT2D eigenvalue weighted by Gasteiger charge is 2.36. The third kappa shape index (κ3) is 2.62. The third-order valence-corrected chi connectivity index (χ3v) is 5.35. The van der Waals surface area contributed by atoms with Gasteiger partial charge >= 0.3 is 0 Å². The number of carbonyl (C=O) groups excluding carboxylic acids is 1. The van der Waals surface area contributed by atoms with E-state index in [1.807, 2.05) is 4.90 Å². The van der Waals surface area contributed by atoms with Gasteiger partial charge in [-0.15, -0.1) is 0 Å². The Hall–Kier alpha value is -0.900. The summed E-state index contributed by atoms with van der Waals surface area (Å²) in [6, 6.07) is 4.70. The van der Waals surface area contributed by atoms with E-state index in [0.29, 0.717) is 22.0 Å². The van der Waals surface area contributed by atoms with E-state index in [1.54, 1.807) is 6.07 Å². The molecule has 1 aromatic carbocycles. The molecule has 1 aliphatic carbocycles. The van der Waals surface area contributed by atoms with E-state index in [1.165, 1.54) is 37.8 Å². The number of hydrogen-bond donors (Lipinski definition) is 0. The maximum atomic E-state index is 13.4. The van der Waals surface area contributed by atoms with Gasteiger partial charge in [0, 0.05) is 17.1 Å². The Morgan fingerprint density at radius 1 is 1.20 bits per heavy atom. The first-order valence-corrected chi connectivity index (χ1v) is 8.22. The largest absolute Gasteiger partial charge is 0.335 e. The number of carbonyl (C=O) groups is 1. The lowest BCUT2D eigenvalue weighted by molar-refractivity contribution is 0.0389. The maximum absolute atomic E-state index is 13.4. The molecule has 4 heteroatoms. The quantitative estimate of drug-likeness (QED) is 0.743. The van der Waals surface area contributed by atoms with Crippen LogP contribution in [-0.2, 0) is 0 Å². The smallest absolute Gasteiger partial charge is 0.255 e. The normalized spacial score (nSPS) is 26.2. The Morgan fingerprint density at radius 3 is 2.80 bits per heavy atom. The molecule has 20 heavy (non-hydrogen) atoms. The van der Waals surface area contributed by atoms with Crippen LogP contribution in [0.2, 0.25) is 0 Å². The third-order valence-electron chi connectivity index (χ3n) is 4.66. The number of hydrogen-bond acceptors (Lipinski definition) is 1. The molecule has 2 aliphatic rings. The summed E-state index contributed by atoms with van der Waals surface area (Å²) in [4.78, 5) is 14.7. The average Bonchev–Trinajstić information content (AvgIpc) is 2.48. The van der Waals surface area contributed by atoms with Gasteiger partial charge in [0.25, 0.3) is 5.91 Å². The van der Waals surface area contributed by atoms with E-state index in [0.717, 1.165) is 19.4 Å². The van der Waals surface area contributed by atoms with Gasteiger partial charge in [0.2, 0.25) is 0 Å². The van der Waals surface area contributed by atoms with Crippen LogP contribution in [0.25, 0.3) is 0 Å². The van der Waals surface area contributed by atoms with Crippen LogP contribution in [0.3, 0.4) is 0 Å². The summed E-state index contributed by atoms with van der Waals surface area (Å²) < 4.78 is 14.1. The van der Waals surface area contributed by atoms with Crippen LogP contribution in [0, 0.1) is 11.7 Å². The van der Waals surface area contributed by atoms with Crippen LogP contribution in [-0.4, -0.2) is 23.4 Å². The lowest BCUT2D eigenvalue weighted by Crippen LogP contribution is -2.49. The lowest BCUT2D eigenvalue weighted by Gasteiger charge is -2.44. The Bertz CT molecular complexity index is 517. The van der Waals surface area contributed by atoms with Gasteiger partial charge < -0.3 is 4.90 Å². The summed E-state index contributed by atoms with van der Waals surface area (Å²) in [6.45, 7) is 0.808. The second-order valence-electron chi connectivity index (χ2n) is 5.88. The van der Waals surface area contributed by atoms with Crippen LogP contribution >= 0.6 is 15.9 Å². The molecule has 1 aliphatic heterocycles. The van der Waals surface area contributed by atoms with Crippen LogP contribution in [0.1, 0.15) is 48.9 Å². The van der Waals surface area contributed by atoms with E-state index >= 15 is 0 Å². The molecule has 108 valence electrons. The first-order chi connectivity index (χ1) is 9.66. The first kappa shape index (κ1) is 14.1. The van der Waals surface area contributed by atoms with Gasteiger partial charge in [-0.2, -0.15) is 0 Å². The monoisotopic (exact) mass is 339 g/mol. The molecule has 2 atom stereocenters. The zero-order chi connectivity index (χ0) is 14.1. The topological polar surface area (TPSA) is 20.3 Å². The molecule has 0 aromatic heterocycles. The fraction of sp³-hybridized carbons (Fsp3) is 0.562. The van der Waals surface area contributed by atoms with Crippen molar-refractivity contribution in [3.05, 3.63) is 34.1 Å². The van der Waals surface area contributed by atoms with Crippen molar-refractivity contribution >= 4 is 21.8 Å². The van der Waals surface area contributed by atoms with Crippen LogP contribution in [0.5, 0.6) is 0 Å². The maximum Gasteiger partial charge on any atom is 0.255 e. The molecule has 2 unspecified atom stereocenters. The van der Waals surface area contributed by atoms with Crippen LogP contribution in [0.15, 0.2) is 22.7 Å². The van der Waals surface area contributed by atoms with E-state index < -0.39 is 0 Å². The average molecular weight is 340 g/mol. The van der Waals surface area contributed by atoms with E-state index in [4.69, 9.17) is 0 Å². The highest BCUT2D eigenvalue weighted by molar-refractivity contribution is 9.10. The fourth-order valence-corrected chi connectivity index (χ4v) is 4.11. The fourth-order valence-electron chi connectivity index (χ4n) is 3.69. The lowest BCUT2D eigenvalue weighted by atomic mass is 9.78. The van der Waals surface area contributed by atoms with E-state index in [2.05, 4.69) is 15.9 Å². The van der Waals surface area contributed by atoms with E-state index in [9.17, 15) is 9.18 Å². The zero-order valence-corrected chi connectivity index (χ0v) is 13.0. The number of halogens is 2. The summed E-state index contributed by atoms with van der Waals surface area (Å²) in [7, 11) is 0. The minimum atomic E-state index is -0.353. The standard InChI is InChI=1S/C16H19BrFNO/c17-14-8-7-12(18)10-13(14)16(20)19-9-3-5-11-4-1-2-6-15(11)19/h7-8,10-11,15H,1-6,9H2. The van der Waals surface area contributed by atoms with Gasteiger partial charge in [-0.25, -0.2) is 4.39 Å². The summed E-state index contributed by atoms with van der Waals surface area (Å²) in [5.74, 6) is 0.274. The SMILES string of the molecule is O=C(c1cc(F)ccc1Br)N1CCCC2CCCCC21.